The third-order valence-electron chi connectivity index (χ3n) is 8.65. The van der Waals surface area contributed by atoms with E-state index in [0.717, 1.165) is 77.0 Å². The summed E-state index contributed by atoms with van der Waals surface area (Å²) in [6.07, 6.45) is 50.6. The molecule has 2 N–H and O–H groups in total. The molecule has 0 fully saturated rings. The first-order valence-electron chi connectivity index (χ1n) is 20.4. The topological polar surface area (TPSA) is 92.7 Å². The van der Waals surface area contributed by atoms with E-state index in [1.54, 1.807) is 0 Å². The van der Waals surface area contributed by atoms with Crippen molar-refractivity contribution in [2.75, 3.05) is 6.54 Å². The minimum Gasteiger partial charge on any atom is -0.480 e. The number of carboxylic acids is 1. The van der Waals surface area contributed by atoms with Gasteiger partial charge in [0.25, 0.3) is 0 Å². The van der Waals surface area contributed by atoms with Crippen molar-refractivity contribution in [3.63, 3.8) is 0 Å². The number of esters is 1. The molecule has 50 heavy (non-hydrogen) atoms. The van der Waals surface area contributed by atoms with Gasteiger partial charge in [-0.2, -0.15) is 0 Å². The van der Waals surface area contributed by atoms with Crippen LogP contribution >= 0.6 is 0 Å². The molecule has 0 aromatic heterocycles. The molecule has 1 unspecified atom stereocenters. The van der Waals surface area contributed by atoms with Crippen molar-refractivity contribution in [1.82, 2.24) is 5.32 Å². The minimum absolute atomic E-state index is 0.0987. The van der Waals surface area contributed by atoms with E-state index < -0.39 is 5.97 Å². The van der Waals surface area contributed by atoms with Gasteiger partial charge in [0.05, 0.1) is 0 Å². The Morgan fingerprint density at radius 3 is 1.52 bits per heavy atom. The van der Waals surface area contributed by atoms with E-state index in [0.29, 0.717) is 12.8 Å². The highest BCUT2D eigenvalue weighted by molar-refractivity contribution is 5.80. The summed E-state index contributed by atoms with van der Waals surface area (Å²) in [7, 11) is 0. The highest BCUT2D eigenvalue weighted by Gasteiger charge is 2.11. The van der Waals surface area contributed by atoms with E-state index in [-0.39, 0.29) is 24.5 Å². The van der Waals surface area contributed by atoms with E-state index in [1.807, 2.05) is 0 Å². The molecule has 0 spiro atoms. The maximum absolute atomic E-state index is 12.7. The number of carbonyl (C=O) groups excluding carboxylic acids is 2. The van der Waals surface area contributed by atoms with Gasteiger partial charge in [-0.1, -0.05) is 146 Å². The molecule has 0 radical (unpaired) electrons. The Morgan fingerprint density at radius 2 is 0.980 bits per heavy atom. The molecule has 0 rings (SSSR count). The first kappa shape index (κ1) is 47.1. The predicted molar refractivity (Wildman–Crippen MR) is 212 cm³/mol. The largest absolute Gasteiger partial charge is 0.480 e. The van der Waals surface area contributed by atoms with Gasteiger partial charge >= 0.3 is 11.9 Å². The number of carbonyl (C=O) groups is 3. The molecule has 6 nitrogen and oxygen atoms in total. The fraction of sp³-hybridized carbons (Fsp3) is 0.705. The van der Waals surface area contributed by atoms with Crippen molar-refractivity contribution < 1.29 is 24.2 Å². The van der Waals surface area contributed by atoms with Crippen molar-refractivity contribution in [2.45, 2.75) is 193 Å². The average molecular weight is 698 g/mol. The van der Waals surface area contributed by atoms with E-state index in [4.69, 9.17) is 9.84 Å². The predicted octanol–water partition coefficient (Wildman–Crippen LogP) is 12.5. The van der Waals surface area contributed by atoms with Crippen LogP contribution in [0.4, 0.5) is 0 Å². The molecule has 0 aromatic carbocycles. The summed E-state index contributed by atoms with van der Waals surface area (Å²) in [5.74, 6) is -1.34. The van der Waals surface area contributed by atoms with Crippen molar-refractivity contribution in [3.05, 3.63) is 60.8 Å². The number of allylic oxidation sites excluding steroid dienone is 9. The number of aliphatic carboxylic acids is 1. The van der Waals surface area contributed by atoms with Gasteiger partial charge < -0.3 is 15.2 Å². The van der Waals surface area contributed by atoms with Crippen LogP contribution in [0.3, 0.4) is 0 Å². The molecule has 0 aliphatic carbocycles. The fourth-order valence-electron chi connectivity index (χ4n) is 5.59. The lowest BCUT2D eigenvalue weighted by atomic mass is 10.1. The van der Waals surface area contributed by atoms with Crippen molar-refractivity contribution >= 4 is 17.8 Å². The minimum atomic E-state index is -1.03. The number of hydrogen-bond donors (Lipinski definition) is 2. The highest BCUT2D eigenvalue weighted by atomic mass is 16.5. The maximum Gasteiger partial charge on any atom is 0.322 e. The Balaban J connectivity index is 4.28. The zero-order chi connectivity index (χ0) is 36.6. The van der Waals surface area contributed by atoms with Gasteiger partial charge in [0.15, 0.2) is 0 Å². The summed E-state index contributed by atoms with van der Waals surface area (Å²) in [4.78, 5) is 34.9. The van der Waals surface area contributed by atoms with E-state index in [9.17, 15) is 14.4 Å². The Morgan fingerprint density at radius 1 is 0.540 bits per heavy atom. The van der Waals surface area contributed by atoms with Gasteiger partial charge in [-0.3, -0.25) is 14.4 Å². The molecule has 6 heteroatoms. The Hall–Kier alpha value is -2.89. The molecule has 0 saturated carbocycles. The molecule has 0 aliphatic rings. The molecule has 286 valence electrons. The third kappa shape index (κ3) is 37.9. The summed E-state index contributed by atoms with van der Waals surface area (Å²) < 4.78 is 5.90. The number of unbranched alkanes of at least 4 members (excludes halogenated alkanes) is 17. The van der Waals surface area contributed by atoms with Crippen LogP contribution in [0.25, 0.3) is 0 Å². The van der Waals surface area contributed by atoms with E-state index >= 15 is 0 Å². The molecule has 1 amide bonds. The van der Waals surface area contributed by atoms with Crippen molar-refractivity contribution in [2.24, 2.45) is 0 Å². The number of ether oxygens (including phenoxy) is 1. The quantitative estimate of drug-likeness (QED) is 0.0386. The zero-order valence-corrected chi connectivity index (χ0v) is 32.2. The van der Waals surface area contributed by atoms with Crippen LogP contribution in [-0.4, -0.2) is 35.6 Å². The summed E-state index contributed by atoms with van der Waals surface area (Å²) in [5, 5.41) is 11.1. The Bertz CT molecular complexity index is 948. The van der Waals surface area contributed by atoms with Crippen molar-refractivity contribution in [1.29, 1.82) is 0 Å². The average Bonchev–Trinajstić information content (AvgIpc) is 3.10. The summed E-state index contributed by atoms with van der Waals surface area (Å²) in [6.45, 7) is 4.15. The molecule has 0 aliphatic heterocycles. The fourth-order valence-corrected chi connectivity index (χ4v) is 5.59. The SMILES string of the molecule is CCCCC/C=C\C/C=C\C/C=C\C(CCCCCCCC(=O)NCC(=O)O)OC(=O)CCCCCCCCC/C=C\C/C=C\CCCCC. The molecular formula is C44H75NO5. The number of hydrogen-bond acceptors (Lipinski definition) is 4. The lowest BCUT2D eigenvalue weighted by Crippen LogP contribution is -2.28. The maximum atomic E-state index is 12.7. The molecule has 0 saturated heterocycles. The number of amides is 1. The van der Waals surface area contributed by atoms with Gasteiger partial charge in [-0.05, 0) is 89.5 Å². The zero-order valence-electron chi connectivity index (χ0n) is 32.2. The molecule has 1 atom stereocenters. The second kappa shape index (κ2) is 38.9. The molecule has 0 bridgehead atoms. The Kier molecular flexibility index (Phi) is 36.7. The molecule has 0 aromatic rings. The van der Waals surface area contributed by atoms with Crippen LogP contribution in [0.1, 0.15) is 187 Å². The van der Waals surface area contributed by atoms with Gasteiger partial charge in [-0.15, -0.1) is 0 Å². The Labute approximate surface area is 307 Å². The number of carboxylic acid groups (broad SMARTS) is 1. The first-order valence-corrected chi connectivity index (χ1v) is 20.4. The summed E-state index contributed by atoms with van der Waals surface area (Å²) in [6, 6.07) is 0. The smallest absolute Gasteiger partial charge is 0.322 e. The van der Waals surface area contributed by atoms with Crippen molar-refractivity contribution in [3.8, 4) is 0 Å². The summed E-state index contributed by atoms with van der Waals surface area (Å²) in [5.41, 5.74) is 0. The van der Waals surface area contributed by atoms with Crippen LogP contribution < -0.4 is 5.32 Å². The standard InChI is InChI=1S/C44H75NO5/c1-3-5-7-9-11-13-15-16-17-18-19-20-22-24-26-31-35-39-44(49)50-41(36-32-28-25-23-21-14-12-10-8-6-4-2)37-33-29-27-30-34-38-42(46)45-40-43(47)48/h11-14,16-17,23,25,32,36,41H,3-10,15,18-22,24,26-31,33-35,37-40H2,1-2H3,(H,45,46)(H,47,48)/b13-11-,14-12-,17-16-,25-23-,36-32-. The monoisotopic (exact) mass is 698 g/mol. The lowest BCUT2D eigenvalue weighted by Gasteiger charge is -2.14. The van der Waals surface area contributed by atoms with Crippen LogP contribution in [0.5, 0.6) is 0 Å². The second-order valence-corrected chi connectivity index (χ2v) is 13.5. The second-order valence-electron chi connectivity index (χ2n) is 13.5. The molecule has 0 heterocycles. The van der Waals surface area contributed by atoms with E-state index in [1.165, 1.54) is 83.5 Å². The molecular weight excluding hydrogens is 622 g/mol. The number of rotatable bonds is 36. The normalized spacial score (nSPS) is 12.7. The van der Waals surface area contributed by atoms with Crippen LogP contribution in [0.15, 0.2) is 60.8 Å². The highest BCUT2D eigenvalue weighted by Crippen LogP contribution is 2.15. The third-order valence-corrected chi connectivity index (χ3v) is 8.65. The van der Waals surface area contributed by atoms with E-state index in [2.05, 4.69) is 79.9 Å². The van der Waals surface area contributed by atoms with Gasteiger partial charge in [-0.25, -0.2) is 0 Å². The summed E-state index contributed by atoms with van der Waals surface area (Å²) >= 11 is 0. The van der Waals surface area contributed by atoms with Crippen LogP contribution in [-0.2, 0) is 19.1 Å². The number of nitrogens with one attached hydrogen (secondary N) is 1. The van der Waals surface area contributed by atoms with Gasteiger partial charge in [0, 0.05) is 12.8 Å². The van der Waals surface area contributed by atoms with Crippen LogP contribution in [0.2, 0.25) is 0 Å². The lowest BCUT2D eigenvalue weighted by molar-refractivity contribution is -0.147. The van der Waals surface area contributed by atoms with Gasteiger partial charge in [0.2, 0.25) is 5.91 Å². The van der Waals surface area contributed by atoms with Crippen LogP contribution in [0, 0.1) is 0 Å². The first-order chi connectivity index (χ1) is 24.5. The van der Waals surface area contributed by atoms with Gasteiger partial charge in [0.1, 0.15) is 12.6 Å².